The number of rotatable bonds is 2. The van der Waals surface area contributed by atoms with E-state index in [1.54, 1.807) is 16.7 Å². The van der Waals surface area contributed by atoms with Gasteiger partial charge < -0.3 is 10.2 Å². The van der Waals surface area contributed by atoms with Crippen LogP contribution >= 0.6 is 0 Å². The Hall–Kier alpha value is -1.02. The van der Waals surface area contributed by atoms with E-state index in [0.29, 0.717) is 11.3 Å². The monoisotopic (exact) mass is 284 g/mol. The van der Waals surface area contributed by atoms with Crippen LogP contribution in [0.1, 0.15) is 55.7 Å². The van der Waals surface area contributed by atoms with Crippen LogP contribution in [0, 0.1) is 5.41 Å². The summed E-state index contributed by atoms with van der Waals surface area (Å²) in [6, 6.07) is 5.72. The fourth-order valence-electron chi connectivity index (χ4n) is 5.15. The van der Waals surface area contributed by atoms with Crippen molar-refractivity contribution in [2.45, 2.75) is 57.9 Å². The number of likely N-dealkylation sites (tertiary alicyclic amines) is 1. The average Bonchev–Trinajstić information content (AvgIpc) is 3.13. The van der Waals surface area contributed by atoms with Gasteiger partial charge in [-0.15, -0.1) is 0 Å². The van der Waals surface area contributed by atoms with Gasteiger partial charge in [0.15, 0.2) is 0 Å². The molecule has 2 atom stereocenters. The van der Waals surface area contributed by atoms with Crippen molar-refractivity contribution in [3.05, 3.63) is 28.8 Å². The number of anilines is 1. The summed E-state index contributed by atoms with van der Waals surface area (Å²) >= 11 is 0. The molecule has 2 heterocycles. The summed E-state index contributed by atoms with van der Waals surface area (Å²) in [7, 11) is 2.31. The first-order valence-electron chi connectivity index (χ1n) is 8.67. The highest BCUT2D eigenvalue weighted by Crippen LogP contribution is 2.49. The molecule has 1 fully saturated rings. The highest BCUT2D eigenvalue weighted by molar-refractivity contribution is 5.62. The van der Waals surface area contributed by atoms with E-state index >= 15 is 0 Å². The summed E-state index contributed by atoms with van der Waals surface area (Å²) in [6.45, 7) is 7.38. The maximum atomic E-state index is 3.71. The SMILES string of the molecule is CN1CCC[C@@H]1C(C)(C)C1CNc2cc3c(cc21)CCC3. The van der Waals surface area contributed by atoms with Gasteiger partial charge in [-0.05, 0) is 73.9 Å². The van der Waals surface area contributed by atoms with Crippen molar-refractivity contribution in [3.63, 3.8) is 0 Å². The first-order valence-corrected chi connectivity index (χ1v) is 8.67. The van der Waals surface area contributed by atoms with Gasteiger partial charge in [0, 0.05) is 24.2 Å². The molecule has 0 saturated carbocycles. The molecule has 1 unspecified atom stereocenters. The number of aryl methyl sites for hydroxylation is 2. The molecule has 114 valence electrons. The molecule has 1 saturated heterocycles. The third kappa shape index (κ3) is 2.03. The Kier molecular flexibility index (Phi) is 3.08. The van der Waals surface area contributed by atoms with Crippen molar-refractivity contribution in [1.82, 2.24) is 4.90 Å². The quantitative estimate of drug-likeness (QED) is 0.888. The topological polar surface area (TPSA) is 15.3 Å². The highest BCUT2D eigenvalue weighted by atomic mass is 15.2. The summed E-state index contributed by atoms with van der Waals surface area (Å²) in [5.41, 5.74) is 6.59. The Morgan fingerprint density at radius 3 is 2.62 bits per heavy atom. The van der Waals surface area contributed by atoms with Crippen LogP contribution < -0.4 is 5.32 Å². The number of nitrogens with one attached hydrogen (secondary N) is 1. The molecule has 2 aliphatic heterocycles. The Morgan fingerprint density at radius 2 is 1.90 bits per heavy atom. The molecule has 2 heteroatoms. The molecule has 1 N–H and O–H groups in total. The van der Waals surface area contributed by atoms with Gasteiger partial charge in [-0.2, -0.15) is 0 Å². The van der Waals surface area contributed by atoms with E-state index in [9.17, 15) is 0 Å². The smallest absolute Gasteiger partial charge is 0.0379 e. The number of hydrogen-bond acceptors (Lipinski definition) is 2. The Morgan fingerprint density at radius 1 is 1.14 bits per heavy atom. The van der Waals surface area contributed by atoms with Gasteiger partial charge in [-0.1, -0.05) is 19.9 Å². The van der Waals surface area contributed by atoms with Crippen molar-refractivity contribution in [1.29, 1.82) is 0 Å². The van der Waals surface area contributed by atoms with E-state index in [-0.39, 0.29) is 0 Å². The minimum atomic E-state index is 0.344. The van der Waals surface area contributed by atoms with E-state index < -0.39 is 0 Å². The third-order valence-corrected chi connectivity index (χ3v) is 6.41. The zero-order chi connectivity index (χ0) is 14.6. The zero-order valence-corrected chi connectivity index (χ0v) is 13.7. The lowest BCUT2D eigenvalue weighted by atomic mass is 9.69. The Bertz CT molecular complexity index is 561. The molecule has 0 amide bonds. The lowest BCUT2D eigenvalue weighted by Crippen LogP contribution is -2.43. The Balaban J connectivity index is 1.69. The average molecular weight is 284 g/mol. The van der Waals surface area contributed by atoms with Gasteiger partial charge in [0.25, 0.3) is 0 Å². The molecular formula is C19H28N2. The van der Waals surface area contributed by atoms with Crippen LogP contribution in [0.15, 0.2) is 12.1 Å². The number of hydrogen-bond donors (Lipinski definition) is 1. The first-order chi connectivity index (χ1) is 10.1. The summed E-state index contributed by atoms with van der Waals surface area (Å²) in [6.07, 6.45) is 6.64. The minimum Gasteiger partial charge on any atom is -0.384 e. The minimum absolute atomic E-state index is 0.344. The van der Waals surface area contributed by atoms with Gasteiger partial charge in [0.2, 0.25) is 0 Å². The molecule has 0 bridgehead atoms. The molecule has 21 heavy (non-hydrogen) atoms. The van der Waals surface area contributed by atoms with E-state index in [1.165, 1.54) is 44.3 Å². The maximum Gasteiger partial charge on any atom is 0.0379 e. The van der Waals surface area contributed by atoms with Crippen LogP contribution in [-0.2, 0) is 12.8 Å². The molecule has 1 aromatic carbocycles. The van der Waals surface area contributed by atoms with Gasteiger partial charge >= 0.3 is 0 Å². The summed E-state index contributed by atoms with van der Waals surface area (Å²) < 4.78 is 0. The van der Waals surface area contributed by atoms with Gasteiger partial charge in [-0.25, -0.2) is 0 Å². The molecule has 0 aromatic heterocycles. The fraction of sp³-hybridized carbons (Fsp3) is 0.684. The van der Waals surface area contributed by atoms with Crippen LogP contribution in [0.25, 0.3) is 0 Å². The van der Waals surface area contributed by atoms with Crippen LogP contribution in [0.5, 0.6) is 0 Å². The molecule has 1 aromatic rings. The predicted octanol–water partition coefficient (Wildman–Crippen LogP) is 3.80. The largest absolute Gasteiger partial charge is 0.384 e. The number of fused-ring (bicyclic) bond motifs is 2. The van der Waals surface area contributed by atoms with E-state index in [4.69, 9.17) is 0 Å². The van der Waals surface area contributed by atoms with Gasteiger partial charge in [0.1, 0.15) is 0 Å². The first kappa shape index (κ1) is 13.6. The van der Waals surface area contributed by atoms with Crippen LogP contribution in [-0.4, -0.2) is 31.1 Å². The molecule has 0 radical (unpaired) electrons. The highest BCUT2D eigenvalue weighted by Gasteiger charge is 2.44. The van der Waals surface area contributed by atoms with Gasteiger partial charge in [0.05, 0.1) is 0 Å². The van der Waals surface area contributed by atoms with E-state index in [0.717, 1.165) is 12.6 Å². The molecule has 3 aliphatic rings. The molecule has 1 aliphatic carbocycles. The lowest BCUT2D eigenvalue weighted by molar-refractivity contribution is 0.126. The normalized spacial score (nSPS) is 28.5. The van der Waals surface area contributed by atoms with E-state index in [1.807, 2.05) is 0 Å². The summed E-state index contributed by atoms with van der Waals surface area (Å²) in [5, 5.41) is 3.71. The van der Waals surface area contributed by atoms with Crippen LogP contribution in [0.2, 0.25) is 0 Å². The molecule has 2 nitrogen and oxygen atoms in total. The Labute approximate surface area is 128 Å². The number of nitrogens with zero attached hydrogens (tertiary/aromatic N) is 1. The van der Waals surface area contributed by atoms with Crippen molar-refractivity contribution in [2.75, 3.05) is 25.5 Å². The van der Waals surface area contributed by atoms with Crippen LogP contribution in [0.4, 0.5) is 5.69 Å². The second-order valence-electron chi connectivity index (χ2n) is 7.96. The van der Waals surface area contributed by atoms with Gasteiger partial charge in [-0.3, -0.25) is 0 Å². The molecule has 4 rings (SSSR count). The standard InChI is InChI=1S/C19H28N2/c1-19(2,18-8-5-9-21(18)3)16-12-20-17-11-14-7-4-6-13(14)10-15(16)17/h10-11,16,18,20H,4-9,12H2,1-3H3/t16?,18-/m1/s1. The van der Waals surface area contributed by atoms with Crippen LogP contribution in [0.3, 0.4) is 0 Å². The third-order valence-electron chi connectivity index (χ3n) is 6.41. The second kappa shape index (κ2) is 4.74. The molecular weight excluding hydrogens is 256 g/mol. The van der Waals surface area contributed by atoms with Crippen molar-refractivity contribution >= 4 is 5.69 Å². The number of benzene rings is 1. The van der Waals surface area contributed by atoms with E-state index in [2.05, 4.69) is 43.2 Å². The summed E-state index contributed by atoms with van der Waals surface area (Å²) in [4.78, 5) is 2.59. The summed E-state index contributed by atoms with van der Waals surface area (Å²) in [5.74, 6) is 0.656. The molecule has 0 spiro atoms. The lowest BCUT2D eigenvalue weighted by Gasteiger charge is -2.41. The maximum absolute atomic E-state index is 3.71. The van der Waals surface area contributed by atoms with Crippen molar-refractivity contribution in [3.8, 4) is 0 Å². The van der Waals surface area contributed by atoms with Crippen molar-refractivity contribution in [2.24, 2.45) is 5.41 Å². The zero-order valence-electron chi connectivity index (χ0n) is 13.7. The van der Waals surface area contributed by atoms with Crippen molar-refractivity contribution < 1.29 is 0 Å². The second-order valence-corrected chi connectivity index (χ2v) is 7.96. The fourth-order valence-corrected chi connectivity index (χ4v) is 5.15. The predicted molar refractivity (Wildman–Crippen MR) is 89.1 cm³/mol.